The first kappa shape index (κ1) is 22.9. The van der Waals surface area contributed by atoms with Crippen LogP contribution in [-0.2, 0) is 0 Å². The van der Waals surface area contributed by atoms with Crippen LogP contribution < -0.4 is 0 Å². The highest BCUT2D eigenvalue weighted by atomic mass is 32.1. The van der Waals surface area contributed by atoms with E-state index in [4.69, 9.17) is 4.98 Å². The van der Waals surface area contributed by atoms with Crippen LogP contribution in [-0.4, -0.2) is 9.55 Å². The molecule has 2 nitrogen and oxygen atoms in total. The van der Waals surface area contributed by atoms with Crippen LogP contribution in [0.5, 0.6) is 0 Å². The summed E-state index contributed by atoms with van der Waals surface area (Å²) in [7, 11) is 0. The van der Waals surface area contributed by atoms with E-state index in [0.717, 1.165) is 28.1 Å². The Bertz CT molecular complexity index is 2140. The summed E-state index contributed by atoms with van der Waals surface area (Å²) in [6.07, 6.45) is 0. The fourth-order valence-corrected chi connectivity index (χ4v) is 7.12. The standard InChI is InChI=1S/C37H24N2S/c1-3-11-25(12-4-1)29-15-9-17-31-32-18-10-16-30(36(32)40-35(29)31)26-21-23-27(24-22-26)37-38-33-19-7-8-20-34(33)39(37)28-13-5-2-6-14-28/h1-24H. The number of rotatable bonds is 4. The van der Waals surface area contributed by atoms with Gasteiger partial charge < -0.3 is 0 Å². The smallest absolute Gasteiger partial charge is 0.145 e. The number of aromatic nitrogens is 2. The average Bonchev–Trinajstić information content (AvgIpc) is 3.61. The van der Waals surface area contributed by atoms with Crippen LogP contribution >= 0.6 is 11.3 Å². The van der Waals surface area contributed by atoms with E-state index in [9.17, 15) is 0 Å². The molecule has 8 rings (SSSR count). The summed E-state index contributed by atoms with van der Waals surface area (Å²) in [6.45, 7) is 0. The van der Waals surface area contributed by atoms with E-state index in [1.54, 1.807) is 0 Å². The summed E-state index contributed by atoms with van der Waals surface area (Å²) in [5.74, 6) is 0.950. The van der Waals surface area contributed by atoms with Gasteiger partial charge in [0.15, 0.2) is 0 Å². The minimum atomic E-state index is 0.950. The van der Waals surface area contributed by atoms with Crippen LogP contribution in [0.25, 0.3) is 70.5 Å². The summed E-state index contributed by atoms with van der Waals surface area (Å²) in [5, 5.41) is 2.63. The normalized spacial score (nSPS) is 11.5. The summed E-state index contributed by atoms with van der Waals surface area (Å²) in [4.78, 5) is 5.04. The van der Waals surface area contributed by atoms with E-state index in [1.807, 2.05) is 17.4 Å². The zero-order chi connectivity index (χ0) is 26.5. The highest BCUT2D eigenvalue weighted by Crippen LogP contribution is 2.44. The van der Waals surface area contributed by atoms with E-state index in [2.05, 4.69) is 144 Å². The topological polar surface area (TPSA) is 17.8 Å². The Morgan fingerprint density at radius 1 is 0.450 bits per heavy atom. The van der Waals surface area contributed by atoms with Gasteiger partial charge in [0.25, 0.3) is 0 Å². The van der Waals surface area contributed by atoms with Gasteiger partial charge in [0.1, 0.15) is 5.82 Å². The Hall–Kier alpha value is -4.99. The average molecular weight is 529 g/mol. The van der Waals surface area contributed by atoms with E-state index in [0.29, 0.717) is 0 Å². The third-order valence-electron chi connectivity index (χ3n) is 7.64. The van der Waals surface area contributed by atoms with Gasteiger partial charge in [-0.25, -0.2) is 4.98 Å². The number of nitrogens with zero attached hydrogens (tertiary/aromatic N) is 2. The molecule has 3 heteroatoms. The van der Waals surface area contributed by atoms with Crippen molar-refractivity contribution in [1.82, 2.24) is 9.55 Å². The molecule has 40 heavy (non-hydrogen) atoms. The molecule has 8 aromatic rings. The summed E-state index contributed by atoms with van der Waals surface area (Å²) >= 11 is 1.89. The summed E-state index contributed by atoms with van der Waals surface area (Å²) < 4.78 is 4.91. The van der Waals surface area contributed by atoms with Crippen molar-refractivity contribution in [3.63, 3.8) is 0 Å². The monoisotopic (exact) mass is 528 g/mol. The van der Waals surface area contributed by atoms with Crippen LogP contribution in [0.4, 0.5) is 0 Å². The Balaban J connectivity index is 1.26. The van der Waals surface area contributed by atoms with Crippen molar-refractivity contribution in [2.45, 2.75) is 0 Å². The molecule has 0 saturated carbocycles. The zero-order valence-corrected chi connectivity index (χ0v) is 22.5. The SMILES string of the molecule is c1ccc(-c2cccc3c2sc2c(-c4ccc(-c5nc6ccccc6n5-c5ccccc5)cc4)cccc23)cc1. The van der Waals surface area contributed by atoms with Crippen molar-refractivity contribution in [1.29, 1.82) is 0 Å². The van der Waals surface area contributed by atoms with Gasteiger partial charge in [-0.15, -0.1) is 11.3 Å². The molecule has 0 aliphatic rings. The van der Waals surface area contributed by atoms with Crippen LogP contribution in [0.3, 0.4) is 0 Å². The first-order valence-electron chi connectivity index (χ1n) is 13.5. The van der Waals surface area contributed by atoms with Crippen molar-refractivity contribution < 1.29 is 0 Å². The maximum Gasteiger partial charge on any atom is 0.145 e. The van der Waals surface area contributed by atoms with E-state index in [-0.39, 0.29) is 0 Å². The van der Waals surface area contributed by atoms with Crippen LogP contribution in [0.1, 0.15) is 0 Å². The molecule has 6 aromatic carbocycles. The van der Waals surface area contributed by atoms with E-state index >= 15 is 0 Å². The molecule has 2 heterocycles. The lowest BCUT2D eigenvalue weighted by Crippen LogP contribution is -1.97. The van der Waals surface area contributed by atoms with Crippen molar-refractivity contribution in [3.05, 3.63) is 146 Å². The van der Waals surface area contributed by atoms with Crippen molar-refractivity contribution in [2.75, 3.05) is 0 Å². The molecular formula is C37H24N2S. The second kappa shape index (κ2) is 9.33. The number of hydrogen-bond acceptors (Lipinski definition) is 2. The third-order valence-corrected chi connectivity index (χ3v) is 8.93. The molecule has 188 valence electrons. The number of imidazole rings is 1. The maximum absolute atomic E-state index is 5.04. The molecular weight excluding hydrogens is 504 g/mol. The van der Waals surface area contributed by atoms with Crippen molar-refractivity contribution in [2.24, 2.45) is 0 Å². The lowest BCUT2D eigenvalue weighted by molar-refractivity contribution is 1.10. The second-order valence-corrected chi connectivity index (χ2v) is 11.0. The molecule has 0 atom stereocenters. The summed E-state index contributed by atoms with van der Waals surface area (Å²) in [6, 6.07) is 51.7. The minimum absolute atomic E-state index is 0.950. The van der Waals surface area contributed by atoms with Gasteiger partial charge in [-0.2, -0.15) is 0 Å². The number of thiophene rings is 1. The van der Waals surface area contributed by atoms with E-state index in [1.165, 1.54) is 42.4 Å². The molecule has 0 aliphatic carbocycles. The molecule has 2 aromatic heterocycles. The third kappa shape index (κ3) is 3.67. The quantitative estimate of drug-likeness (QED) is 0.222. The number of hydrogen-bond donors (Lipinski definition) is 0. The number of benzene rings is 6. The lowest BCUT2D eigenvalue weighted by Gasteiger charge is -2.10. The van der Waals surface area contributed by atoms with Crippen LogP contribution in [0.15, 0.2) is 146 Å². The molecule has 0 N–H and O–H groups in total. The molecule has 0 fully saturated rings. The zero-order valence-electron chi connectivity index (χ0n) is 21.7. The predicted octanol–water partition coefficient (Wildman–Crippen LogP) is 10.4. The van der Waals surface area contributed by atoms with Crippen LogP contribution in [0.2, 0.25) is 0 Å². The van der Waals surface area contributed by atoms with Gasteiger partial charge in [-0.1, -0.05) is 121 Å². The molecule has 0 aliphatic heterocycles. The minimum Gasteiger partial charge on any atom is -0.292 e. The second-order valence-electron chi connectivity index (χ2n) is 10.0. The van der Waals surface area contributed by atoms with E-state index < -0.39 is 0 Å². The first-order chi connectivity index (χ1) is 19.8. The molecule has 0 bridgehead atoms. The molecule has 0 amide bonds. The predicted molar refractivity (Wildman–Crippen MR) is 170 cm³/mol. The van der Waals surface area contributed by atoms with Gasteiger partial charge in [0.05, 0.1) is 11.0 Å². The Morgan fingerprint density at radius 2 is 1.00 bits per heavy atom. The molecule has 0 radical (unpaired) electrons. The highest BCUT2D eigenvalue weighted by Gasteiger charge is 2.16. The Labute approximate surface area is 236 Å². The fraction of sp³-hybridized carbons (Fsp3) is 0. The number of para-hydroxylation sites is 3. The van der Waals surface area contributed by atoms with Crippen molar-refractivity contribution >= 4 is 42.5 Å². The van der Waals surface area contributed by atoms with Gasteiger partial charge in [0, 0.05) is 31.4 Å². The van der Waals surface area contributed by atoms with Crippen molar-refractivity contribution in [3.8, 4) is 39.3 Å². The fourth-order valence-electron chi connectivity index (χ4n) is 5.75. The molecule has 0 unspecified atom stereocenters. The number of fused-ring (bicyclic) bond motifs is 4. The van der Waals surface area contributed by atoms with Gasteiger partial charge in [-0.05, 0) is 46.5 Å². The summed E-state index contributed by atoms with van der Waals surface area (Å²) in [5.41, 5.74) is 9.34. The van der Waals surface area contributed by atoms with Crippen LogP contribution in [0, 0.1) is 0 Å². The maximum atomic E-state index is 5.04. The first-order valence-corrected chi connectivity index (χ1v) is 14.3. The largest absolute Gasteiger partial charge is 0.292 e. The highest BCUT2D eigenvalue weighted by molar-refractivity contribution is 7.26. The Kier molecular flexibility index (Phi) is 5.35. The Morgan fingerprint density at radius 3 is 1.68 bits per heavy atom. The molecule has 0 spiro atoms. The molecule has 0 saturated heterocycles. The van der Waals surface area contributed by atoms with Gasteiger partial charge in [0.2, 0.25) is 0 Å². The lowest BCUT2D eigenvalue weighted by atomic mass is 9.99. The van der Waals surface area contributed by atoms with Gasteiger partial charge in [-0.3, -0.25) is 4.57 Å². The van der Waals surface area contributed by atoms with Gasteiger partial charge >= 0.3 is 0 Å².